The summed E-state index contributed by atoms with van der Waals surface area (Å²) in [5, 5.41) is 0. The molecule has 1 nitrogen and oxygen atoms in total. The van der Waals surface area contributed by atoms with Crippen LogP contribution < -0.4 is 4.34 Å². The number of aryl methyl sites for hydroxylation is 2. The van der Waals surface area contributed by atoms with Crippen molar-refractivity contribution in [2.75, 3.05) is 4.34 Å². The molecule has 0 spiro atoms. The van der Waals surface area contributed by atoms with Crippen molar-refractivity contribution in [2.45, 2.75) is 26.7 Å². The van der Waals surface area contributed by atoms with Crippen molar-refractivity contribution >= 4 is 21.8 Å². The van der Waals surface area contributed by atoms with E-state index in [-0.39, 0.29) is 0 Å². The minimum Gasteiger partial charge on any atom is -0.322 e. The van der Waals surface area contributed by atoms with E-state index in [4.69, 9.17) is 0 Å². The summed E-state index contributed by atoms with van der Waals surface area (Å²) < 4.78 is 3.03. The van der Waals surface area contributed by atoms with Gasteiger partial charge in [0.1, 0.15) is 0 Å². The largest absolute Gasteiger partial charge is 0.322 e. The van der Waals surface area contributed by atoms with Crippen molar-refractivity contribution < 1.29 is 0 Å². The molecule has 0 unspecified atom stereocenters. The number of nitrogens with one attached hydrogen (secondary N) is 1. The summed E-state index contributed by atoms with van der Waals surface area (Å²) >= 11 is 3.26. The lowest BCUT2D eigenvalue weighted by atomic mass is 10.1. The fraction of sp³-hybridized carbons (Fsp3) is 0.400. The van der Waals surface area contributed by atoms with Crippen LogP contribution in [0.1, 0.15) is 25.0 Å². The maximum absolute atomic E-state index is 3.26. The van der Waals surface area contributed by atoms with E-state index in [1.807, 2.05) is 0 Å². The van der Waals surface area contributed by atoms with Crippen molar-refractivity contribution in [3.8, 4) is 0 Å². The Morgan fingerprint density at radius 2 is 2.00 bits per heavy atom. The highest BCUT2D eigenvalue weighted by Gasteiger charge is 1.99. The zero-order valence-electron chi connectivity index (χ0n) is 7.52. The molecule has 1 N–H and O–H groups in total. The molecule has 0 heterocycles. The normalized spacial score (nSPS) is 9.92. The van der Waals surface area contributed by atoms with E-state index in [9.17, 15) is 0 Å². The van der Waals surface area contributed by atoms with Crippen LogP contribution in [0.5, 0.6) is 0 Å². The fourth-order valence-corrected chi connectivity index (χ4v) is 1.61. The van der Waals surface area contributed by atoms with Crippen LogP contribution in [-0.2, 0) is 12.8 Å². The van der Waals surface area contributed by atoms with Gasteiger partial charge in [0.15, 0.2) is 0 Å². The van der Waals surface area contributed by atoms with E-state index in [1.54, 1.807) is 0 Å². The second-order valence-corrected chi connectivity index (χ2v) is 3.19. The summed E-state index contributed by atoms with van der Waals surface area (Å²) in [6.45, 7) is 4.33. The summed E-state index contributed by atoms with van der Waals surface area (Å²) in [5.41, 5.74) is 3.91. The molecule has 1 rings (SSSR count). The number of benzene rings is 1. The Hall–Kier alpha value is -0.500. The van der Waals surface area contributed by atoms with Crippen molar-refractivity contribution in [1.29, 1.82) is 0 Å². The molecule has 0 fully saturated rings. The third-order valence-corrected chi connectivity index (χ3v) is 2.49. The standard InChI is InChI=1S/C10H14BrN/c1-3-8-5-6-9(4-2)10(7-8)12-11/h5-7,12H,3-4H2,1-2H3. The molecule has 12 heavy (non-hydrogen) atoms. The maximum atomic E-state index is 3.26. The molecule has 0 radical (unpaired) electrons. The second-order valence-electron chi connectivity index (χ2n) is 2.79. The summed E-state index contributed by atoms with van der Waals surface area (Å²) in [6, 6.07) is 6.56. The van der Waals surface area contributed by atoms with Gasteiger partial charge in [0.05, 0.1) is 0 Å². The number of hydrogen-bond donors (Lipinski definition) is 1. The summed E-state index contributed by atoms with van der Waals surface area (Å²) in [7, 11) is 0. The van der Waals surface area contributed by atoms with E-state index < -0.39 is 0 Å². The van der Waals surface area contributed by atoms with Gasteiger partial charge in [-0.2, -0.15) is 0 Å². The lowest BCUT2D eigenvalue weighted by molar-refractivity contribution is 1.10. The lowest BCUT2D eigenvalue weighted by Crippen LogP contribution is -1.91. The van der Waals surface area contributed by atoms with Crippen molar-refractivity contribution in [2.24, 2.45) is 0 Å². The first-order valence-corrected chi connectivity index (χ1v) is 5.09. The Morgan fingerprint density at radius 1 is 1.25 bits per heavy atom. The highest BCUT2D eigenvalue weighted by molar-refractivity contribution is 9.10. The molecule has 0 aliphatic heterocycles. The van der Waals surface area contributed by atoms with Gasteiger partial charge in [-0.25, -0.2) is 0 Å². The van der Waals surface area contributed by atoms with Gasteiger partial charge >= 0.3 is 0 Å². The topological polar surface area (TPSA) is 12.0 Å². The highest BCUT2D eigenvalue weighted by atomic mass is 79.9. The van der Waals surface area contributed by atoms with Gasteiger partial charge in [0, 0.05) is 21.8 Å². The van der Waals surface area contributed by atoms with Gasteiger partial charge in [-0.15, -0.1) is 0 Å². The minimum atomic E-state index is 1.07. The Kier molecular flexibility index (Phi) is 3.60. The monoisotopic (exact) mass is 227 g/mol. The summed E-state index contributed by atoms with van der Waals surface area (Å²) in [4.78, 5) is 0. The first kappa shape index (κ1) is 9.59. The molecular weight excluding hydrogens is 214 g/mol. The molecule has 0 saturated heterocycles. The van der Waals surface area contributed by atoms with E-state index in [0.29, 0.717) is 0 Å². The van der Waals surface area contributed by atoms with Crippen LogP contribution in [0.2, 0.25) is 0 Å². The lowest BCUT2D eigenvalue weighted by Gasteiger charge is -2.07. The average Bonchev–Trinajstić information content (AvgIpc) is 2.16. The Balaban J connectivity index is 3.02. The SMILES string of the molecule is CCc1ccc(CC)c(NBr)c1. The molecule has 0 atom stereocenters. The third kappa shape index (κ3) is 2.01. The van der Waals surface area contributed by atoms with Gasteiger partial charge in [-0.1, -0.05) is 26.0 Å². The molecule has 1 aromatic rings. The van der Waals surface area contributed by atoms with Gasteiger partial charge < -0.3 is 4.34 Å². The van der Waals surface area contributed by atoms with E-state index in [0.717, 1.165) is 12.8 Å². The van der Waals surface area contributed by atoms with Crippen LogP contribution in [-0.4, -0.2) is 0 Å². The third-order valence-electron chi connectivity index (χ3n) is 2.07. The quantitative estimate of drug-likeness (QED) is 0.780. The molecule has 1 aromatic carbocycles. The molecule has 0 amide bonds. The molecule has 2 heteroatoms. The molecule has 0 bridgehead atoms. The van der Waals surface area contributed by atoms with Gasteiger partial charge in [-0.05, 0) is 30.0 Å². The van der Waals surface area contributed by atoms with Crippen LogP contribution in [0.15, 0.2) is 18.2 Å². The predicted molar refractivity (Wildman–Crippen MR) is 57.7 cm³/mol. The van der Waals surface area contributed by atoms with Crippen molar-refractivity contribution in [3.05, 3.63) is 29.3 Å². The van der Waals surface area contributed by atoms with Crippen LogP contribution in [0, 0.1) is 0 Å². The van der Waals surface area contributed by atoms with Gasteiger partial charge in [-0.3, -0.25) is 0 Å². The van der Waals surface area contributed by atoms with Gasteiger partial charge in [0.2, 0.25) is 0 Å². The highest BCUT2D eigenvalue weighted by Crippen LogP contribution is 2.19. The second kappa shape index (κ2) is 4.51. The summed E-state index contributed by atoms with van der Waals surface area (Å²) in [6.07, 6.45) is 2.16. The molecular formula is C10H14BrN. The Bertz CT molecular complexity index is 258. The average molecular weight is 228 g/mol. The Morgan fingerprint density at radius 3 is 2.50 bits per heavy atom. The van der Waals surface area contributed by atoms with Crippen molar-refractivity contribution in [1.82, 2.24) is 0 Å². The Labute approximate surface area is 82.5 Å². The summed E-state index contributed by atoms with van der Waals surface area (Å²) in [5.74, 6) is 0. The van der Waals surface area contributed by atoms with Crippen LogP contribution >= 0.6 is 16.1 Å². The molecule has 66 valence electrons. The molecule has 0 aliphatic rings. The smallest absolute Gasteiger partial charge is 0.0475 e. The molecule has 0 saturated carbocycles. The first-order valence-electron chi connectivity index (χ1n) is 4.30. The number of halogens is 1. The minimum absolute atomic E-state index is 1.07. The van der Waals surface area contributed by atoms with E-state index in [1.165, 1.54) is 16.8 Å². The number of anilines is 1. The van der Waals surface area contributed by atoms with Crippen LogP contribution in [0.25, 0.3) is 0 Å². The van der Waals surface area contributed by atoms with E-state index in [2.05, 4.69) is 52.5 Å². The maximum Gasteiger partial charge on any atom is 0.0475 e. The molecule has 0 aliphatic carbocycles. The van der Waals surface area contributed by atoms with E-state index >= 15 is 0 Å². The van der Waals surface area contributed by atoms with Crippen LogP contribution in [0.3, 0.4) is 0 Å². The number of rotatable bonds is 3. The molecule has 0 aromatic heterocycles. The van der Waals surface area contributed by atoms with Crippen molar-refractivity contribution in [3.63, 3.8) is 0 Å². The zero-order chi connectivity index (χ0) is 8.97. The zero-order valence-corrected chi connectivity index (χ0v) is 9.11. The first-order chi connectivity index (χ1) is 5.81. The van der Waals surface area contributed by atoms with Crippen LogP contribution in [0.4, 0.5) is 5.69 Å². The predicted octanol–water partition coefficient (Wildman–Crippen LogP) is 3.53. The fourth-order valence-electron chi connectivity index (χ4n) is 1.24. The van der Waals surface area contributed by atoms with Gasteiger partial charge in [0.25, 0.3) is 0 Å². The number of hydrogen-bond acceptors (Lipinski definition) is 1.